The quantitative estimate of drug-likeness (QED) is 0.544. The fourth-order valence-corrected chi connectivity index (χ4v) is 1.08. The molecule has 0 saturated heterocycles. The van der Waals surface area contributed by atoms with Crippen molar-refractivity contribution in [3.8, 4) is 0 Å². The zero-order valence-electron chi connectivity index (χ0n) is 6.63. The highest BCUT2D eigenvalue weighted by atomic mass is 35.5. The maximum atomic E-state index is 5.80. The van der Waals surface area contributed by atoms with Crippen LogP contribution in [0.4, 0.5) is 5.69 Å². The molecule has 1 aromatic rings. The van der Waals surface area contributed by atoms with Gasteiger partial charge in [0.1, 0.15) is 0 Å². The Bertz CT molecular complexity index is 297. The van der Waals surface area contributed by atoms with Crippen LogP contribution in [-0.2, 0) is 0 Å². The maximum Gasteiger partial charge on any atom is 0.0638 e. The molecule has 0 saturated carbocycles. The monoisotopic (exact) mass is 182 g/mol. The van der Waals surface area contributed by atoms with Crippen LogP contribution in [0.1, 0.15) is 11.6 Å². The molecule has 0 aliphatic carbocycles. The van der Waals surface area contributed by atoms with Crippen molar-refractivity contribution in [1.29, 1.82) is 0 Å². The fraction of sp³-hybridized carbons (Fsp3) is 0.111. The van der Waals surface area contributed by atoms with E-state index in [1.165, 1.54) is 0 Å². The lowest BCUT2D eigenvalue weighted by atomic mass is 10.1. The molecule has 0 fully saturated rings. The number of anilines is 1. The molecule has 3 heteroatoms. The number of hydrogen-bond acceptors (Lipinski definition) is 2. The molecule has 0 amide bonds. The van der Waals surface area contributed by atoms with Crippen LogP contribution in [0.5, 0.6) is 0 Å². The van der Waals surface area contributed by atoms with E-state index in [0.29, 0.717) is 10.7 Å². The van der Waals surface area contributed by atoms with Crippen molar-refractivity contribution in [2.75, 3.05) is 5.73 Å². The molecule has 0 aliphatic heterocycles. The maximum absolute atomic E-state index is 5.80. The van der Waals surface area contributed by atoms with E-state index in [9.17, 15) is 0 Å². The van der Waals surface area contributed by atoms with Gasteiger partial charge in [-0.3, -0.25) is 0 Å². The van der Waals surface area contributed by atoms with Crippen molar-refractivity contribution in [2.45, 2.75) is 6.04 Å². The van der Waals surface area contributed by atoms with Crippen LogP contribution in [-0.4, -0.2) is 0 Å². The van der Waals surface area contributed by atoms with Crippen molar-refractivity contribution in [3.63, 3.8) is 0 Å². The third kappa shape index (κ3) is 1.78. The summed E-state index contributed by atoms with van der Waals surface area (Å²) in [4.78, 5) is 0. The van der Waals surface area contributed by atoms with Crippen molar-refractivity contribution >= 4 is 17.3 Å². The Morgan fingerprint density at radius 3 is 2.67 bits per heavy atom. The molecular formula is C9H11ClN2. The molecule has 1 aromatic carbocycles. The first kappa shape index (κ1) is 9.10. The Labute approximate surface area is 76.8 Å². The predicted molar refractivity (Wildman–Crippen MR) is 53.0 cm³/mol. The van der Waals surface area contributed by atoms with E-state index >= 15 is 0 Å². The van der Waals surface area contributed by atoms with Gasteiger partial charge < -0.3 is 11.5 Å². The molecule has 0 aromatic heterocycles. The van der Waals surface area contributed by atoms with E-state index in [-0.39, 0.29) is 6.04 Å². The minimum atomic E-state index is -0.178. The molecule has 0 radical (unpaired) electrons. The minimum Gasteiger partial charge on any atom is -0.398 e. The Morgan fingerprint density at radius 1 is 1.50 bits per heavy atom. The fourth-order valence-electron chi connectivity index (χ4n) is 0.887. The SMILES string of the molecule is C=CC(N)c1ccc(N)c(Cl)c1. The van der Waals surface area contributed by atoms with Crippen LogP contribution in [0.25, 0.3) is 0 Å². The van der Waals surface area contributed by atoms with Crippen molar-refractivity contribution in [2.24, 2.45) is 5.73 Å². The van der Waals surface area contributed by atoms with Gasteiger partial charge in [-0.05, 0) is 17.7 Å². The van der Waals surface area contributed by atoms with Crippen LogP contribution in [0.3, 0.4) is 0 Å². The number of benzene rings is 1. The summed E-state index contributed by atoms with van der Waals surface area (Å²) >= 11 is 5.80. The second-order valence-electron chi connectivity index (χ2n) is 2.54. The second kappa shape index (κ2) is 3.61. The molecule has 1 unspecified atom stereocenters. The van der Waals surface area contributed by atoms with E-state index in [0.717, 1.165) is 5.56 Å². The Balaban J connectivity index is 3.04. The first-order chi connectivity index (χ1) is 5.65. The average Bonchev–Trinajstić information content (AvgIpc) is 2.08. The van der Waals surface area contributed by atoms with Crippen molar-refractivity contribution < 1.29 is 0 Å². The number of nitrogens with two attached hydrogens (primary N) is 2. The topological polar surface area (TPSA) is 52.0 Å². The third-order valence-electron chi connectivity index (χ3n) is 1.66. The molecule has 64 valence electrons. The third-order valence-corrected chi connectivity index (χ3v) is 1.99. The van der Waals surface area contributed by atoms with Crippen LogP contribution in [0.2, 0.25) is 5.02 Å². The highest BCUT2D eigenvalue weighted by molar-refractivity contribution is 6.33. The molecule has 1 atom stereocenters. The summed E-state index contributed by atoms with van der Waals surface area (Å²) in [5.74, 6) is 0. The van der Waals surface area contributed by atoms with Crippen LogP contribution < -0.4 is 11.5 Å². The van der Waals surface area contributed by atoms with Gasteiger partial charge in [-0.2, -0.15) is 0 Å². The summed E-state index contributed by atoms with van der Waals surface area (Å²) in [7, 11) is 0. The Morgan fingerprint density at radius 2 is 2.17 bits per heavy atom. The summed E-state index contributed by atoms with van der Waals surface area (Å²) in [6, 6.07) is 5.15. The number of hydrogen-bond donors (Lipinski definition) is 2. The highest BCUT2D eigenvalue weighted by Gasteiger charge is 2.02. The lowest BCUT2D eigenvalue weighted by Crippen LogP contribution is -2.06. The minimum absolute atomic E-state index is 0.178. The van der Waals surface area contributed by atoms with Gasteiger partial charge in [-0.15, -0.1) is 6.58 Å². The average molecular weight is 183 g/mol. The molecule has 4 N–H and O–H groups in total. The molecule has 0 heterocycles. The van der Waals surface area contributed by atoms with Gasteiger partial charge in [-0.1, -0.05) is 23.7 Å². The predicted octanol–water partition coefficient (Wildman–Crippen LogP) is 2.11. The molecular weight excluding hydrogens is 172 g/mol. The van der Waals surface area contributed by atoms with Gasteiger partial charge in [0.15, 0.2) is 0 Å². The summed E-state index contributed by atoms with van der Waals surface area (Å²) in [5, 5.41) is 0.532. The van der Waals surface area contributed by atoms with Gasteiger partial charge in [0.05, 0.1) is 10.7 Å². The molecule has 2 nitrogen and oxygen atoms in total. The Kier molecular flexibility index (Phi) is 2.74. The zero-order valence-corrected chi connectivity index (χ0v) is 7.38. The first-order valence-corrected chi connectivity index (χ1v) is 3.96. The van der Waals surface area contributed by atoms with E-state index in [1.807, 2.05) is 6.07 Å². The van der Waals surface area contributed by atoms with Gasteiger partial charge in [0.2, 0.25) is 0 Å². The Hall–Kier alpha value is -0.990. The largest absolute Gasteiger partial charge is 0.398 e. The number of halogens is 1. The van der Waals surface area contributed by atoms with Crippen LogP contribution >= 0.6 is 11.6 Å². The molecule has 12 heavy (non-hydrogen) atoms. The molecule has 0 spiro atoms. The van der Waals surface area contributed by atoms with E-state index in [2.05, 4.69) is 6.58 Å². The van der Waals surface area contributed by atoms with Crippen molar-refractivity contribution in [1.82, 2.24) is 0 Å². The van der Waals surface area contributed by atoms with E-state index in [4.69, 9.17) is 23.1 Å². The van der Waals surface area contributed by atoms with E-state index in [1.54, 1.807) is 18.2 Å². The normalized spacial score (nSPS) is 12.5. The van der Waals surface area contributed by atoms with Gasteiger partial charge in [0, 0.05) is 6.04 Å². The van der Waals surface area contributed by atoms with Crippen LogP contribution in [0.15, 0.2) is 30.9 Å². The summed E-state index contributed by atoms with van der Waals surface area (Å²) in [6.07, 6.45) is 1.65. The molecule has 0 aliphatic rings. The first-order valence-electron chi connectivity index (χ1n) is 3.58. The lowest BCUT2D eigenvalue weighted by molar-refractivity contribution is 0.915. The standard InChI is InChI=1S/C9H11ClN2/c1-2-8(11)6-3-4-9(12)7(10)5-6/h2-5,8H,1,11-12H2. The van der Waals surface area contributed by atoms with Crippen LogP contribution in [0, 0.1) is 0 Å². The van der Waals surface area contributed by atoms with Gasteiger partial charge in [0.25, 0.3) is 0 Å². The molecule has 0 bridgehead atoms. The van der Waals surface area contributed by atoms with Gasteiger partial charge >= 0.3 is 0 Å². The van der Waals surface area contributed by atoms with Crippen molar-refractivity contribution in [3.05, 3.63) is 41.4 Å². The summed E-state index contributed by atoms with van der Waals surface area (Å²) < 4.78 is 0. The summed E-state index contributed by atoms with van der Waals surface area (Å²) in [6.45, 7) is 3.59. The number of nitrogen functional groups attached to an aromatic ring is 1. The second-order valence-corrected chi connectivity index (χ2v) is 2.95. The van der Waals surface area contributed by atoms with E-state index < -0.39 is 0 Å². The number of rotatable bonds is 2. The summed E-state index contributed by atoms with van der Waals surface area (Å²) in [5.41, 5.74) is 12.7. The van der Waals surface area contributed by atoms with Gasteiger partial charge in [-0.25, -0.2) is 0 Å². The highest BCUT2D eigenvalue weighted by Crippen LogP contribution is 2.22. The zero-order chi connectivity index (χ0) is 9.14. The smallest absolute Gasteiger partial charge is 0.0638 e. The molecule has 1 rings (SSSR count). The lowest BCUT2D eigenvalue weighted by Gasteiger charge is -2.07.